The number of piperidine rings is 1. The van der Waals surface area contributed by atoms with Gasteiger partial charge in [-0.25, -0.2) is 4.39 Å². The van der Waals surface area contributed by atoms with Gasteiger partial charge in [-0.3, -0.25) is 9.78 Å². The molecule has 120 valence electrons. The SMILES string of the molecule is O=C(c1ccncc1)N1CCC[C@H](CCc2ccccc2F)C1. The van der Waals surface area contributed by atoms with E-state index in [9.17, 15) is 9.18 Å². The smallest absolute Gasteiger partial charge is 0.253 e. The van der Waals surface area contributed by atoms with Crippen LogP contribution in [0.25, 0.3) is 0 Å². The first kappa shape index (κ1) is 15.7. The van der Waals surface area contributed by atoms with E-state index in [1.54, 1.807) is 30.6 Å². The lowest BCUT2D eigenvalue weighted by Crippen LogP contribution is -2.40. The number of aromatic nitrogens is 1. The Labute approximate surface area is 136 Å². The molecule has 0 N–H and O–H groups in total. The minimum Gasteiger partial charge on any atom is -0.338 e. The number of halogens is 1. The number of aryl methyl sites for hydroxylation is 1. The second-order valence-corrected chi connectivity index (χ2v) is 6.13. The predicted molar refractivity (Wildman–Crippen MR) is 87.6 cm³/mol. The fraction of sp³-hybridized carbons (Fsp3) is 0.368. The molecule has 3 nitrogen and oxygen atoms in total. The molecule has 1 saturated heterocycles. The zero-order chi connectivity index (χ0) is 16.1. The Hall–Kier alpha value is -2.23. The zero-order valence-electron chi connectivity index (χ0n) is 13.1. The van der Waals surface area contributed by atoms with Crippen LogP contribution in [0.2, 0.25) is 0 Å². The number of rotatable bonds is 4. The molecule has 1 amide bonds. The number of carbonyl (C=O) groups is 1. The van der Waals surface area contributed by atoms with Gasteiger partial charge in [-0.05, 0) is 55.4 Å². The molecular weight excluding hydrogens is 291 g/mol. The number of nitrogens with zero attached hydrogens (tertiary/aromatic N) is 2. The van der Waals surface area contributed by atoms with Crippen LogP contribution in [0.15, 0.2) is 48.8 Å². The molecule has 0 radical (unpaired) electrons. The fourth-order valence-corrected chi connectivity index (χ4v) is 3.22. The molecule has 0 spiro atoms. The average molecular weight is 312 g/mol. The molecule has 0 unspecified atom stereocenters. The van der Waals surface area contributed by atoms with Gasteiger partial charge in [0.1, 0.15) is 5.82 Å². The van der Waals surface area contributed by atoms with Gasteiger partial charge < -0.3 is 4.90 Å². The van der Waals surface area contributed by atoms with Gasteiger partial charge in [0.15, 0.2) is 0 Å². The number of hydrogen-bond acceptors (Lipinski definition) is 2. The van der Waals surface area contributed by atoms with Crippen molar-refractivity contribution in [3.8, 4) is 0 Å². The van der Waals surface area contributed by atoms with Crippen molar-refractivity contribution in [3.05, 3.63) is 65.7 Å². The van der Waals surface area contributed by atoms with Crippen molar-refractivity contribution < 1.29 is 9.18 Å². The third-order valence-corrected chi connectivity index (χ3v) is 4.51. The first-order chi connectivity index (χ1) is 11.2. The van der Waals surface area contributed by atoms with Crippen LogP contribution in [0.5, 0.6) is 0 Å². The van der Waals surface area contributed by atoms with Gasteiger partial charge in [0.2, 0.25) is 0 Å². The van der Waals surface area contributed by atoms with Crippen LogP contribution in [0, 0.1) is 11.7 Å². The maximum atomic E-state index is 13.7. The molecule has 2 heterocycles. The summed E-state index contributed by atoms with van der Waals surface area (Å²) in [6.45, 7) is 1.56. The molecular formula is C19H21FN2O. The topological polar surface area (TPSA) is 33.2 Å². The van der Waals surface area contributed by atoms with Gasteiger partial charge in [0, 0.05) is 31.0 Å². The molecule has 1 aliphatic heterocycles. The maximum absolute atomic E-state index is 13.7. The second-order valence-electron chi connectivity index (χ2n) is 6.13. The molecule has 1 atom stereocenters. The van der Waals surface area contributed by atoms with E-state index in [1.807, 2.05) is 17.0 Å². The van der Waals surface area contributed by atoms with Crippen molar-refractivity contribution in [2.24, 2.45) is 5.92 Å². The Kier molecular flexibility index (Phi) is 5.01. The monoisotopic (exact) mass is 312 g/mol. The van der Waals surface area contributed by atoms with E-state index >= 15 is 0 Å². The molecule has 1 aliphatic rings. The summed E-state index contributed by atoms with van der Waals surface area (Å²) in [5.41, 5.74) is 1.46. The van der Waals surface area contributed by atoms with E-state index < -0.39 is 0 Å². The molecule has 1 aromatic carbocycles. The first-order valence-electron chi connectivity index (χ1n) is 8.17. The van der Waals surface area contributed by atoms with Gasteiger partial charge in [-0.15, -0.1) is 0 Å². The average Bonchev–Trinajstić information content (AvgIpc) is 2.61. The van der Waals surface area contributed by atoms with Crippen molar-refractivity contribution in [1.82, 2.24) is 9.88 Å². The normalized spacial score (nSPS) is 18.0. The number of amides is 1. The highest BCUT2D eigenvalue weighted by Crippen LogP contribution is 2.23. The summed E-state index contributed by atoms with van der Waals surface area (Å²) in [6, 6.07) is 10.5. The summed E-state index contributed by atoms with van der Waals surface area (Å²) in [5, 5.41) is 0. The Bertz CT molecular complexity index is 659. The summed E-state index contributed by atoms with van der Waals surface area (Å²) < 4.78 is 13.7. The number of benzene rings is 1. The summed E-state index contributed by atoms with van der Waals surface area (Å²) in [6.07, 6.45) is 7.06. The molecule has 1 aromatic heterocycles. The number of hydrogen-bond donors (Lipinski definition) is 0. The largest absolute Gasteiger partial charge is 0.338 e. The molecule has 2 aromatic rings. The lowest BCUT2D eigenvalue weighted by molar-refractivity contribution is 0.0668. The Morgan fingerprint density at radius 1 is 1.22 bits per heavy atom. The van der Waals surface area contributed by atoms with Crippen LogP contribution in [0.4, 0.5) is 4.39 Å². The Morgan fingerprint density at radius 2 is 2.00 bits per heavy atom. The van der Waals surface area contributed by atoms with Crippen LogP contribution in [0.1, 0.15) is 35.2 Å². The van der Waals surface area contributed by atoms with Crippen molar-refractivity contribution in [2.75, 3.05) is 13.1 Å². The van der Waals surface area contributed by atoms with E-state index in [2.05, 4.69) is 4.98 Å². The molecule has 0 saturated carbocycles. The van der Waals surface area contributed by atoms with Crippen LogP contribution < -0.4 is 0 Å². The molecule has 0 aliphatic carbocycles. The zero-order valence-corrected chi connectivity index (χ0v) is 13.1. The Balaban J connectivity index is 1.58. The minimum absolute atomic E-state index is 0.0722. The fourth-order valence-electron chi connectivity index (χ4n) is 3.22. The Morgan fingerprint density at radius 3 is 2.78 bits per heavy atom. The highest BCUT2D eigenvalue weighted by molar-refractivity contribution is 5.94. The van der Waals surface area contributed by atoms with Crippen molar-refractivity contribution in [1.29, 1.82) is 0 Å². The maximum Gasteiger partial charge on any atom is 0.253 e. The summed E-state index contributed by atoms with van der Waals surface area (Å²) >= 11 is 0. The van der Waals surface area contributed by atoms with E-state index in [1.165, 1.54) is 6.07 Å². The number of likely N-dealkylation sites (tertiary alicyclic amines) is 1. The van der Waals surface area contributed by atoms with Gasteiger partial charge >= 0.3 is 0 Å². The third kappa shape index (κ3) is 3.95. The quantitative estimate of drug-likeness (QED) is 0.862. The van der Waals surface area contributed by atoms with E-state index in [4.69, 9.17) is 0 Å². The van der Waals surface area contributed by atoms with Crippen molar-refractivity contribution >= 4 is 5.91 Å². The summed E-state index contributed by atoms with van der Waals surface area (Å²) in [4.78, 5) is 18.4. The van der Waals surface area contributed by atoms with E-state index in [0.29, 0.717) is 11.5 Å². The lowest BCUT2D eigenvalue weighted by Gasteiger charge is -2.33. The minimum atomic E-state index is -0.131. The van der Waals surface area contributed by atoms with Crippen molar-refractivity contribution in [3.63, 3.8) is 0 Å². The first-order valence-corrected chi connectivity index (χ1v) is 8.17. The molecule has 1 fully saturated rings. The van der Waals surface area contributed by atoms with Crippen molar-refractivity contribution in [2.45, 2.75) is 25.7 Å². The predicted octanol–water partition coefficient (Wildman–Crippen LogP) is 3.71. The molecule has 3 rings (SSSR count). The number of carbonyl (C=O) groups excluding carboxylic acids is 1. The van der Waals surface area contributed by atoms with E-state index in [0.717, 1.165) is 44.3 Å². The van der Waals surface area contributed by atoms with Crippen LogP contribution >= 0.6 is 0 Å². The van der Waals surface area contributed by atoms with E-state index in [-0.39, 0.29) is 11.7 Å². The van der Waals surface area contributed by atoms with Crippen LogP contribution in [-0.2, 0) is 6.42 Å². The van der Waals surface area contributed by atoms with Gasteiger partial charge in [-0.1, -0.05) is 18.2 Å². The van der Waals surface area contributed by atoms with Crippen LogP contribution in [-0.4, -0.2) is 28.9 Å². The van der Waals surface area contributed by atoms with Gasteiger partial charge in [0.05, 0.1) is 0 Å². The van der Waals surface area contributed by atoms with Gasteiger partial charge in [0.25, 0.3) is 5.91 Å². The third-order valence-electron chi connectivity index (χ3n) is 4.51. The highest BCUT2D eigenvalue weighted by Gasteiger charge is 2.24. The second kappa shape index (κ2) is 7.36. The summed E-state index contributed by atoms with van der Waals surface area (Å²) in [5.74, 6) is 0.380. The van der Waals surface area contributed by atoms with Crippen LogP contribution in [0.3, 0.4) is 0 Å². The summed E-state index contributed by atoms with van der Waals surface area (Å²) in [7, 11) is 0. The number of pyridine rings is 1. The van der Waals surface area contributed by atoms with Gasteiger partial charge in [-0.2, -0.15) is 0 Å². The molecule has 23 heavy (non-hydrogen) atoms. The lowest BCUT2D eigenvalue weighted by atomic mass is 9.91. The molecule has 0 bridgehead atoms. The highest BCUT2D eigenvalue weighted by atomic mass is 19.1. The molecule has 4 heteroatoms. The standard InChI is InChI=1S/C19H21FN2O/c20-18-6-2-1-5-16(18)8-7-15-4-3-13-22(14-15)19(23)17-9-11-21-12-10-17/h1-2,5-6,9-12,15H,3-4,7-8,13-14H2/t15-/m1/s1.